The molecule has 1 heterocycles. The lowest BCUT2D eigenvalue weighted by Crippen LogP contribution is -2.48. The van der Waals surface area contributed by atoms with Crippen LogP contribution in [-0.4, -0.2) is 68.8 Å². The Labute approximate surface area is 259 Å². The molecule has 2 unspecified atom stereocenters. The summed E-state index contributed by atoms with van der Waals surface area (Å²) in [6.45, 7) is 2.16. The Balaban J connectivity index is 1.53. The fraction of sp³-hybridized carbons (Fsp3) is 0.406. The van der Waals surface area contributed by atoms with Gasteiger partial charge in [0.05, 0.1) is 29.6 Å². The van der Waals surface area contributed by atoms with Crippen LogP contribution in [-0.2, 0) is 34.2 Å². The Morgan fingerprint density at radius 1 is 0.976 bits per heavy atom. The fourth-order valence-electron chi connectivity index (χ4n) is 6.26. The van der Waals surface area contributed by atoms with E-state index in [1.54, 1.807) is 30.1 Å². The molecule has 0 bridgehead atoms. The second-order valence-corrected chi connectivity index (χ2v) is 14.0. The van der Waals surface area contributed by atoms with Crippen molar-refractivity contribution in [2.24, 2.45) is 0 Å². The molecule has 1 saturated heterocycles. The summed E-state index contributed by atoms with van der Waals surface area (Å²) >= 11 is 12.3. The van der Waals surface area contributed by atoms with Gasteiger partial charge in [0.15, 0.2) is 0 Å². The molecule has 7 nitrogen and oxygen atoms in total. The van der Waals surface area contributed by atoms with Gasteiger partial charge in [0.1, 0.15) is 10.6 Å². The molecule has 2 atom stereocenters. The number of likely N-dealkylation sites (N-methyl/N-ethyl adjacent to an activating group) is 1. The van der Waals surface area contributed by atoms with Gasteiger partial charge in [-0.1, -0.05) is 59.6 Å². The number of hydrogen-bond acceptors (Lipinski definition) is 5. The lowest BCUT2D eigenvalue weighted by molar-refractivity contribution is -0.133. The first kappa shape index (κ1) is 30.8. The number of nitrogens with zero attached hydrogens (tertiary/aromatic N) is 3. The monoisotopic (exact) mass is 629 g/mol. The van der Waals surface area contributed by atoms with Crippen LogP contribution in [0.1, 0.15) is 47.6 Å². The molecule has 224 valence electrons. The summed E-state index contributed by atoms with van der Waals surface area (Å²) in [5, 5.41) is 0.848. The van der Waals surface area contributed by atoms with Gasteiger partial charge in [0, 0.05) is 26.7 Å². The minimum absolute atomic E-state index is 0.0724. The molecule has 1 amide bonds. The van der Waals surface area contributed by atoms with Crippen molar-refractivity contribution in [3.05, 3.63) is 93.0 Å². The van der Waals surface area contributed by atoms with Crippen LogP contribution in [0.3, 0.4) is 0 Å². The van der Waals surface area contributed by atoms with Crippen molar-refractivity contribution in [3.8, 4) is 5.75 Å². The number of rotatable bonds is 9. The van der Waals surface area contributed by atoms with Gasteiger partial charge < -0.3 is 9.64 Å². The van der Waals surface area contributed by atoms with Crippen LogP contribution >= 0.6 is 23.2 Å². The van der Waals surface area contributed by atoms with E-state index in [2.05, 4.69) is 4.90 Å². The highest BCUT2D eigenvalue weighted by Crippen LogP contribution is 2.42. The lowest BCUT2D eigenvalue weighted by Gasteiger charge is -2.44. The number of carbonyl (C=O) groups is 1. The first-order valence-electron chi connectivity index (χ1n) is 14.2. The molecule has 3 aromatic rings. The molecule has 5 rings (SSSR count). The number of benzene rings is 3. The third-order valence-electron chi connectivity index (χ3n) is 8.51. The number of methoxy groups -OCH3 is 1. The fourth-order valence-corrected chi connectivity index (χ4v) is 7.91. The lowest BCUT2D eigenvalue weighted by atomic mass is 9.82. The molecule has 3 aromatic carbocycles. The van der Waals surface area contributed by atoms with Crippen molar-refractivity contribution >= 4 is 39.1 Å². The van der Waals surface area contributed by atoms with Crippen molar-refractivity contribution < 1.29 is 17.9 Å². The van der Waals surface area contributed by atoms with E-state index in [9.17, 15) is 13.2 Å². The number of ether oxygens (including phenoxy) is 1. The van der Waals surface area contributed by atoms with Gasteiger partial charge in [-0.15, -0.1) is 0 Å². The second-order valence-electron chi connectivity index (χ2n) is 11.2. The standard InChI is InChI=1S/C32H37Cl2N3O4S/c1-35(21-22-9-5-4-6-10-22)42(39,40)30-20-25-24(19-29(30)41-3)12-14-28(37-15-7-8-16-37)32(25)36(2)31(38)18-23-11-13-26(33)27(34)17-23/h4-6,9-11,13,17,19-20,28,32H,7-8,12,14-16,18,21H2,1-3H3. The summed E-state index contributed by atoms with van der Waals surface area (Å²) in [7, 11) is 0.990. The second kappa shape index (κ2) is 12.9. The first-order valence-corrected chi connectivity index (χ1v) is 16.4. The van der Waals surface area contributed by atoms with Crippen LogP contribution in [0.4, 0.5) is 0 Å². The van der Waals surface area contributed by atoms with Crippen LogP contribution in [0.2, 0.25) is 10.0 Å². The SMILES string of the molecule is COc1cc2c(cc1S(=O)(=O)N(C)Cc1ccccc1)C(N(C)C(=O)Cc1ccc(Cl)c(Cl)c1)C(N1CCCC1)CC2. The molecule has 0 N–H and O–H groups in total. The van der Waals surface area contributed by atoms with E-state index >= 15 is 0 Å². The quantitative estimate of drug-likeness (QED) is 0.291. The number of likely N-dealkylation sites (tertiary alicyclic amines) is 1. The van der Waals surface area contributed by atoms with E-state index in [4.69, 9.17) is 27.9 Å². The first-order chi connectivity index (χ1) is 20.1. The number of sulfonamides is 1. The predicted molar refractivity (Wildman–Crippen MR) is 167 cm³/mol. The maximum atomic E-state index is 14.0. The Hall–Kier alpha value is -2.62. The van der Waals surface area contributed by atoms with Crippen LogP contribution in [0.25, 0.3) is 0 Å². The molecular formula is C32H37Cl2N3O4S. The molecule has 0 radical (unpaired) electrons. The molecule has 0 saturated carbocycles. The summed E-state index contributed by atoms with van der Waals surface area (Å²) in [5.74, 6) is 0.244. The number of halogens is 2. The van der Waals surface area contributed by atoms with Crippen LogP contribution in [0.15, 0.2) is 65.6 Å². The Bertz CT molecular complexity index is 1540. The van der Waals surface area contributed by atoms with Crippen molar-refractivity contribution in [1.82, 2.24) is 14.1 Å². The van der Waals surface area contributed by atoms with Gasteiger partial charge in [0.2, 0.25) is 15.9 Å². The van der Waals surface area contributed by atoms with Gasteiger partial charge in [-0.3, -0.25) is 9.69 Å². The van der Waals surface area contributed by atoms with E-state index in [0.717, 1.165) is 61.0 Å². The van der Waals surface area contributed by atoms with Crippen molar-refractivity contribution in [3.63, 3.8) is 0 Å². The maximum absolute atomic E-state index is 14.0. The zero-order valence-corrected chi connectivity index (χ0v) is 26.6. The van der Waals surface area contributed by atoms with E-state index in [0.29, 0.717) is 15.8 Å². The highest BCUT2D eigenvalue weighted by molar-refractivity contribution is 7.89. The third-order valence-corrected chi connectivity index (χ3v) is 11.1. The summed E-state index contributed by atoms with van der Waals surface area (Å²) < 4.78 is 35.0. The molecule has 0 aromatic heterocycles. The van der Waals surface area contributed by atoms with E-state index < -0.39 is 10.0 Å². The van der Waals surface area contributed by atoms with Gasteiger partial charge in [-0.2, -0.15) is 4.31 Å². The Kier molecular flexibility index (Phi) is 9.50. The van der Waals surface area contributed by atoms with Crippen molar-refractivity contribution in [2.45, 2.75) is 55.6 Å². The van der Waals surface area contributed by atoms with Gasteiger partial charge >= 0.3 is 0 Å². The average Bonchev–Trinajstić information content (AvgIpc) is 3.53. The largest absolute Gasteiger partial charge is 0.495 e. The maximum Gasteiger partial charge on any atom is 0.246 e. The Morgan fingerprint density at radius 2 is 1.69 bits per heavy atom. The summed E-state index contributed by atoms with van der Waals surface area (Å²) in [4.78, 5) is 18.1. The summed E-state index contributed by atoms with van der Waals surface area (Å²) in [6.07, 6.45) is 4.03. The zero-order chi connectivity index (χ0) is 30.0. The Morgan fingerprint density at radius 3 is 2.36 bits per heavy atom. The number of amides is 1. The van der Waals surface area contributed by atoms with Gasteiger partial charge in [0.25, 0.3) is 0 Å². The van der Waals surface area contributed by atoms with Crippen LogP contribution < -0.4 is 4.74 Å². The third kappa shape index (κ3) is 6.33. The van der Waals surface area contributed by atoms with Crippen LogP contribution in [0, 0.1) is 0 Å². The van der Waals surface area contributed by atoms with Gasteiger partial charge in [-0.25, -0.2) is 8.42 Å². The molecule has 0 spiro atoms. The summed E-state index contributed by atoms with van der Waals surface area (Å²) in [5.41, 5.74) is 3.53. The summed E-state index contributed by atoms with van der Waals surface area (Å²) in [6, 6.07) is 18.1. The minimum Gasteiger partial charge on any atom is -0.495 e. The molecule has 1 aliphatic carbocycles. The van der Waals surface area contributed by atoms with Crippen molar-refractivity contribution in [1.29, 1.82) is 0 Å². The molecule has 42 heavy (non-hydrogen) atoms. The molecule has 2 aliphatic rings. The van der Waals surface area contributed by atoms with E-state index in [1.165, 1.54) is 11.4 Å². The van der Waals surface area contributed by atoms with Crippen molar-refractivity contribution in [2.75, 3.05) is 34.3 Å². The highest BCUT2D eigenvalue weighted by atomic mass is 35.5. The number of carbonyl (C=O) groups excluding carboxylic acids is 1. The molecule has 10 heteroatoms. The van der Waals surface area contributed by atoms with E-state index in [-0.39, 0.29) is 35.9 Å². The van der Waals surface area contributed by atoms with Gasteiger partial charge in [-0.05, 0) is 85.3 Å². The number of hydrogen-bond donors (Lipinski definition) is 0. The highest BCUT2D eigenvalue weighted by Gasteiger charge is 2.40. The molecule has 1 fully saturated rings. The smallest absolute Gasteiger partial charge is 0.246 e. The molecular weight excluding hydrogens is 593 g/mol. The number of fused-ring (bicyclic) bond motifs is 1. The minimum atomic E-state index is -3.91. The topological polar surface area (TPSA) is 70.2 Å². The normalized spacial score (nSPS) is 19.1. The molecule has 1 aliphatic heterocycles. The van der Waals surface area contributed by atoms with E-state index in [1.807, 2.05) is 49.5 Å². The predicted octanol–water partition coefficient (Wildman–Crippen LogP) is 5.98. The average molecular weight is 631 g/mol. The zero-order valence-electron chi connectivity index (χ0n) is 24.2. The van der Waals surface area contributed by atoms with Crippen LogP contribution in [0.5, 0.6) is 5.75 Å². The number of aryl methyl sites for hydroxylation is 1.